The molecule has 0 aliphatic carbocycles. The summed E-state index contributed by atoms with van der Waals surface area (Å²) in [6.45, 7) is 3.17. The van der Waals surface area contributed by atoms with Crippen LogP contribution in [0, 0.1) is 6.92 Å². The summed E-state index contributed by atoms with van der Waals surface area (Å²) in [5.74, 6) is 2.28. The van der Waals surface area contributed by atoms with Gasteiger partial charge in [-0.1, -0.05) is 11.3 Å². The van der Waals surface area contributed by atoms with Gasteiger partial charge in [0.05, 0.1) is 38.4 Å². The lowest BCUT2D eigenvalue weighted by Crippen LogP contribution is -2.38. The van der Waals surface area contributed by atoms with Crippen molar-refractivity contribution in [3.05, 3.63) is 28.4 Å². The minimum atomic E-state index is -0.305. The molecule has 1 fully saturated rings. The number of aryl methyl sites for hydroxylation is 1. The number of aromatic hydroxyl groups is 1. The Bertz CT molecular complexity index is 1020. The van der Waals surface area contributed by atoms with Gasteiger partial charge in [-0.25, -0.2) is 4.98 Å². The van der Waals surface area contributed by atoms with E-state index in [4.69, 9.17) is 14.2 Å². The summed E-state index contributed by atoms with van der Waals surface area (Å²) < 4.78 is 18.0. The highest BCUT2D eigenvalue weighted by Gasteiger charge is 2.33. The van der Waals surface area contributed by atoms with E-state index in [1.54, 1.807) is 28.3 Å². The molecule has 0 bridgehead atoms. The van der Waals surface area contributed by atoms with Gasteiger partial charge < -0.3 is 24.4 Å². The van der Waals surface area contributed by atoms with Crippen LogP contribution in [0.2, 0.25) is 0 Å². The number of piperidine rings is 1. The fourth-order valence-electron chi connectivity index (χ4n) is 3.96. The van der Waals surface area contributed by atoms with Crippen LogP contribution in [0.5, 0.6) is 23.1 Å². The molecule has 0 spiro atoms. The summed E-state index contributed by atoms with van der Waals surface area (Å²) in [6, 6.07) is 3.52. The van der Waals surface area contributed by atoms with Crippen LogP contribution in [0.15, 0.2) is 12.1 Å². The monoisotopic (exact) mass is 434 g/mol. The van der Waals surface area contributed by atoms with E-state index in [1.807, 2.05) is 12.1 Å². The van der Waals surface area contributed by atoms with E-state index in [0.29, 0.717) is 54.0 Å². The summed E-state index contributed by atoms with van der Waals surface area (Å²) in [5, 5.41) is 25.3. The Morgan fingerprint density at radius 2 is 1.73 bits per heavy atom. The van der Waals surface area contributed by atoms with Crippen molar-refractivity contribution < 1.29 is 24.4 Å². The molecule has 1 aliphatic heterocycles. The van der Waals surface area contributed by atoms with Gasteiger partial charge in [0.1, 0.15) is 5.82 Å². The normalized spacial score (nSPS) is 16.7. The van der Waals surface area contributed by atoms with Crippen LogP contribution in [-0.4, -0.2) is 70.2 Å². The summed E-state index contributed by atoms with van der Waals surface area (Å²) in [7, 11) is 4.73. The predicted molar refractivity (Wildman–Crippen MR) is 112 cm³/mol. The number of hydrogen-bond acceptors (Lipinski definition) is 9. The van der Waals surface area contributed by atoms with E-state index in [0.717, 1.165) is 10.4 Å². The van der Waals surface area contributed by atoms with Gasteiger partial charge in [-0.3, -0.25) is 4.90 Å². The van der Waals surface area contributed by atoms with Gasteiger partial charge in [0.2, 0.25) is 16.6 Å². The van der Waals surface area contributed by atoms with E-state index in [-0.39, 0.29) is 18.0 Å². The molecule has 1 saturated heterocycles. The molecule has 4 rings (SSSR count). The highest BCUT2D eigenvalue weighted by molar-refractivity contribution is 7.17. The molecule has 1 aliphatic rings. The Hall–Kier alpha value is -2.56. The maximum absolute atomic E-state index is 11.0. The number of nitrogens with zero attached hydrogens (tertiary/aromatic N) is 4. The van der Waals surface area contributed by atoms with Crippen molar-refractivity contribution in [1.29, 1.82) is 0 Å². The third-order valence-electron chi connectivity index (χ3n) is 5.42. The van der Waals surface area contributed by atoms with E-state index in [9.17, 15) is 10.2 Å². The Morgan fingerprint density at radius 1 is 1.10 bits per heavy atom. The van der Waals surface area contributed by atoms with Crippen molar-refractivity contribution in [2.24, 2.45) is 0 Å². The lowest BCUT2D eigenvalue weighted by atomic mass is 9.98. The SMILES string of the molecule is COc1cc([C@H](c2sc3nc(C)nn3c2O)N2CCC(O)CC2)cc(OC)c1OC. The number of rotatable bonds is 6. The van der Waals surface area contributed by atoms with Gasteiger partial charge in [0, 0.05) is 13.1 Å². The second-order valence-corrected chi connectivity index (χ2v) is 8.28. The second-order valence-electron chi connectivity index (χ2n) is 7.27. The highest BCUT2D eigenvalue weighted by Crippen LogP contribution is 2.46. The molecule has 1 aromatic carbocycles. The second kappa shape index (κ2) is 8.29. The van der Waals surface area contributed by atoms with E-state index >= 15 is 0 Å². The smallest absolute Gasteiger partial charge is 0.230 e. The maximum atomic E-state index is 11.0. The Kier molecular flexibility index (Phi) is 5.72. The molecule has 3 heterocycles. The van der Waals surface area contributed by atoms with Gasteiger partial charge in [-0.15, -0.1) is 5.10 Å². The average Bonchev–Trinajstić information content (AvgIpc) is 3.25. The first kappa shape index (κ1) is 20.7. The number of aliphatic hydroxyl groups is 1. The van der Waals surface area contributed by atoms with Crippen LogP contribution in [0.1, 0.15) is 35.1 Å². The molecule has 162 valence electrons. The number of aromatic nitrogens is 3. The van der Waals surface area contributed by atoms with Crippen molar-refractivity contribution in [3.63, 3.8) is 0 Å². The first-order valence-electron chi connectivity index (χ1n) is 9.73. The van der Waals surface area contributed by atoms with Crippen LogP contribution in [0.3, 0.4) is 0 Å². The van der Waals surface area contributed by atoms with Gasteiger partial charge in [-0.2, -0.15) is 4.52 Å². The van der Waals surface area contributed by atoms with Crippen LogP contribution >= 0.6 is 11.3 Å². The molecule has 10 heteroatoms. The van der Waals surface area contributed by atoms with Crippen LogP contribution in [-0.2, 0) is 0 Å². The summed E-state index contributed by atoms with van der Waals surface area (Å²) in [5.41, 5.74) is 0.886. The van der Waals surface area contributed by atoms with Crippen LogP contribution < -0.4 is 14.2 Å². The molecule has 0 saturated carbocycles. The van der Waals surface area contributed by atoms with Crippen LogP contribution in [0.25, 0.3) is 4.96 Å². The van der Waals surface area contributed by atoms with Gasteiger partial charge in [0.25, 0.3) is 0 Å². The summed E-state index contributed by atoms with van der Waals surface area (Å²) in [4.78, 5) is 8.01. The Morgan fingerprint density at radius 3 is 2.27 bits per heavy atom. The molecular weight excluding hydrogens is 408 g/mol. The van der Waals surface area contributed by atoms with Gasteiger partial charge in [-0.05, 0) is 37.5 Å². The van der Waals surface area contributed by atoms with Crippen molar-refractivity contribution in [3.8, 4) is 23.1 Å². The molecule has 0 amide bonds. The lowest BCUT2D eigenvalue weighted by Gasteiger charge is -2.36. The molecule has 2 N–H and O–H groups in total. The predicted octanol–water partition coefficient (Wildman–Crippen LogP) is 2.38. The number of benzene rings is 1. The number of ether oxygens (including phenoxy) is 3. The van der Waals surface area contributed by atoms with Gasteiger partial charge in [0.15, 0.2) is 11.5 Å². The van der Waals surface area contributed by atoms with Gasteiger partial charge >= 0.3 is 0 Å². The summed E-state index contributed by atoms with van der Waals surface area (Å²) in [6.07, 6.45) is 1.03. The molecular formula is C20H26N4O5S. The van der Waals surface area contributed by atoms with Crippen molar-refractivity contribution >= 4 is 16.3 Å². The largest absolute Gasteiger partial charge is 0.493 e. The molecule has 0 unspecified atom stereocenters. The van der Waals surface area contributed by atoms with Crippen LogP contribution in [0.4, 0.5) is 0 Å². The first-order valence-corrected chi connectivity index (χ1v) is 10.6. The fraction of sp³-hybridized carbons (Fsp3) is 0.500. The molecule has 9 nitrogen and oxygen atoms in total. The van der Waals surface area contributed by atoms with Crippen molar-refractivity contribution in [1.82, 2.24) is 19.5 Å². The number of aliphatic hydroxyl groups excluding tert-OH is 1. The Labute approximate surface area is 178 Å². The zero-order valence-electron chi connectivity index (χ0n) is 17.5. The van der Waals surface area contributed by atoms with E-state index in [2.05, 4.69) is 15.0 Å². The number of likely N-dealkylation sites (tertiary alicyclic amines) is 1. The molecule has 3 aromatic rings. The lowest BCUT2D eigenvalue weighted by molar-refractivity contribution is 0.0688. The number of fused-ring (bicyclic) bond motifs is 1. The molecule has 1 atom stereocenters. The number of methoxy groups -OCH3 is 3. The number of thiazole rings is 1. The van der Waals surface area contributed by atoms with Crippen molar-refractivity contribution in [2.75, 3.05) is 34.4 Å². The highest BCUT2D eigenvalue weighted by atomic mass is 32.1. The molecule has 2 aromatic heterocycles. The Balaban J connectivity index is 1.87. The minimum absolute atomic E-state index is 0.0699. The topological polar surface area (TPSA) is 102 Å². The third-order valence-corrected chi connectivity index (χ3v) is 6.49. The average molecular weight is 435 g/mol. The van der Waals surface area contributed by atoms with E-state index < -0.39 is 0 Å². The molecule has 0 radical (unpaired) electrons. The molecule has 30 heavy (non-hydrogen) atoms. The van der Waals surface area contributed by atoms with E-state index in [1.165, 1.54) is 15.9 Å². The zero-order valence-corrected chi connectivity index (χ0v) is 18.3. The fourth-order valence-corrected chi connectivity index (χ4v) is 5.12. The summed E-state index contributed by atoms with van der Waals surface area (Å²) >= 11 is 1.40. The first-order chi connectivity index (χ1) is 14.5. The third kappa shape index (κ3) is 3.55. The minimum Gasteiger partial charge on any atom is -0.493 e. The number of hydrogen-bond donors (Lipinski definition) is 2. The quantitative estimate of drug-likeness (QED) is 0.610. The van der Waals surface area contributed by atoms with Crippen molar-refractivity contribution in [2.45, 2.75) is 31.9 Å². The standard InChI is InChI=1S/C20H26N4O5S/c1-11-21-20-24(22-11)19(26)18(30-20)16(23-7-5-13(25)6-8-23)12-9-14(27-2)17(29-4)15(10-12)28-3/h9-10,13,16,25-26H,5-8H2,1-4H3/t16-/m1/s1. The zero-order chi connectivity index (χ0) is 21.4. The maximum Gasteiger partial charge on any atom is 0.230 e.